The van der Waals surface area contributed by atoms with Crippen molar-refractivity contribution in [3.8, 4) is 5.88 Å². The first-order valence-corrected chi connectivity index (χ1v) is 7.36. The smallest absolute Gasteiger partial charge is 0.238 e. The van der Waals surface area contributed by atoms with Crippen LogP contribution in [0.4, 0.5) is 0 Å². The van der Waals surface area contributed by atoms with Gasteiger partial charge < -0.3 is 10.5 Å². The van der Waals surface area contributed by atoms with Gasteiger partial charge in [0, 0.05) is 12.1 Å². The van der Waals surface area contributed by atoms with E-state index in [0.29, 0.717) is 19.0 Å². The second kappa shape index (κ2) is 8.86. The zero-order valence-corrected chi connectivity index (χ0v) is 12.5. The number of unbranched alkanes of at least 4 members (excludes halogenated alkanes) is 5. The SMILES string of the molecule is CCCCCCCCOc1nnc(C)c(C)c1CN. The summed E-state index contributed by atoms with van der Waals surface area (Å²) in [5, 5.41) is 8.20. The van der Waals surface area contributed by atoms with Crippen LogP contribution >= 0.6 is 0 Å². The molecule has 108 valence electrons. The molecule has 1 heterocycles. The van der Waals surface area contributed by atoms with Crippen LogP contribution in [-0.4, -0.2) is 16.8 Å². The van der Waals surface area contributed by atoms with Crippen molar-refractivity contribution in [3.05, 3.63) is 16.8 Å². The number of aryl methyl sites for hydroxylation is 1. The van der Waals surface area contributed by atoms with Gasteiger partial charge in [0.05, 0.1) is 12.3 Å². The lowest BCUT2D eigenvalue weighted by atomic mass is 10.1. The Morgan fingerprint density at radius 1 is 1.00 bits per heavy atom. The summed E-state index contributed by atoms with van der Waals surface area (Å²) in [6.45, 7) is 7.35. The molecule has 0 radical (unpaired) electrons. The minimum Gasteiger partial charge on any atom is -0.476 e. The summed E-state index contributed by atoms with van der Waals surface area (Å²) in [6.07, 6.45) is 7.53. The molecule has 0 unspecified atom stereocenters. The molecule has 0 aliphatic heterocycles. The molecule has 4 nitrogen and oxygen atoms in total. The lowest BCUT2D eigenvalue weighted by Gasteiger charge is -2.12. The van der Waals surface area contributed by atoms with Crippen LogP contribution in [0.3, 0.4) is 0 Å². The molecule has 1 aromatic rings. The van der Waals surface area contributed by atoms with Gasteiger partial charge in [-0.25, -0.2) is 0 Å². The van der Waals surface area contributed by atoms with E-state index < -0.39 is 0 Å². The van der Waals surface area contributed by atoms with Crippen LogP contribution in [0.5, 0.6) is 5.88 Å². The van der Waals surface area contributed by atoms with Crippen molar-refractivity contribution in [1.29, 1.82) is 0 Å². The Bertz CT molecular complexity index is 380. The summed E-state index contributed by atoms with van der Waals surface area (Å²) in [6, 6.07) is 0. The molecule has 4 heteroatoms. The van der Waals surface area contributed by atoms with Crippen molar-refractivity contribution >= 4 is 0 Å². The summed E-state index contributed by atoms with van der Waals surface area (Å²) in [4.78, 5) is 0. The third kappa shape index (κ3) is 5.15. The Morgan fingerprint density at radius 2 is 1.68 bits per heavy atom. The summed E-state index contributed by atoms with van der Waals surface area (Å²) in [5.41, 5.74) is 8.76. The number of hydrogen-bond donors (Lipinski definition) is 1. The van der Waals surface area contributed by atoms with E-state index >= 15 is 0 Å². The highest BCUT2D eigenvalue weighted by atomic mass is 16.5. The highest BCUT2D eigenvalue weighted by Gasteiger charge is 2.10. The molecule has 1 rings (SSSR count). The van der Waals surface area contributed by atoms with Gasteiger partial charge in [-0.1, -0.05) is 39.0 Å². The molecular weight excluding hydrogens is 238 g/mol. The number of hydrogen-bond acceptors (Lipinski definition) is 4. The van der Waals surface area contributed by atoms with E-state index in [-0.39, 0.29) is 0 Å². The van der Waals surface area contributed by atoms with Gasteiger partial charge in [-0.15, -0.1) is 5.10 Å². The Kier molecular flexibility index (Phi) is 7.41. The molecule has 0 aliphatic carbocycles. The second-order valence-corrected chi connectivity index (χ2v) is 5.01. The largest absolute Gasteiger partial charge is 0.476 e. The Labute approximate surface area is 116 Å². The van der Waals surface area contributed by atoms with Gasteiger partial charge in [0.2, 0.25) is 5.88 Å². The Balaban J connectivity index is 2.35. The number of aromatic nitrogens is 2. The molecule has 0 aromatic carbocycles. The van der Waals surface area contributed by atoms with Gasteiger partial charge in [0.15, 0.2) is 0 Å². The van der Waals surface area contributed by atoms with E-state index in [1.165, 1.54) is 32.1 Å². The summed E-state index contributed by atoms with van der Waals surface area (Å²) >= 11 is 0. The van der Waals surface area contributed by atoms with E-state index in [0.717, 1.165) is 23.2 Å². The van der Waals surface area contributed by atoms with E-state index in [9.17, 15) is 0 Å². The molecule has 0 aliphatic rings. The first-order chi connectivity index (χ1) is 9.20. The van der Waals surface area contributed by atoms with Crippen molar-refractivity contribution in [2.75, 3.05) is 6.61 Å². The topological polar surface area (TPSA) is 61.0 Å². The summed E-state index contributed by atoms with van der Waals surface area (Å²) in [7, 11) is 0. The fourth-order valence-corrected chi connectivity index (χ4v) is 2.04. The van der Waals surface area contributed by atoms with E-state index in [1.807, 2.05) is 13.8 Å². The minimum atomic E-state index is 0.452. The summed E-state index contributed by atoms with van der Waals surface area (Å²) < 4.78 is 5.72. The van der Waals surface area contributed by atoms with Crippen LogP contribution in [0.1, 0.15) is 62.3 Å². The highest BCUT2D eigenvalue weighted by molar-refractivity contribution is 5.34. The zero-order valence-electron chi connectivity index (χ0n) is 12.5. The molecule has 0 amide bonds. The van der Waals surface area contributed by atoms with Crippen LogP contribution < -0.4 is 10.5 Å². The highest BCUT2D eigenvalue weighted by Crippen LogP contribution is 2.20. The molecule has 0 bridgehead atoms. The predicted octanol–water partition coefficient (Wildman–Crippen LogP) is 3.29. The average molecular weight is 265 g/mol. The normalized spacial score (nSPS) is 10.7. The van der Waals surface area contributed by atoms with Crippen molar-refractivity contribution in [1.82, 2.24) is 10.2 Å². The molecule has 0 saturated heterocycles. The molecule has 0 fully saturated rings. The maximum atomic E-state index is 5.76. The fraction of sp³-hybridized carbons (Fsp3) is 0.733. The lowest BCUT2D eigenvalue weighted by Crippen LogP contribution is -2.10. The quantitative estimate of drug-likeness (QED) is 0.696. The number of nitrogens with zero attached hydrogens (tertiary/aromatic N) is 2. The molecule has 1 aromatic heterocycles. The van der Waals surface area contributed by atoms with E-state index in [4.69, 9.17) is 10.5 Å². The van der Waals surface area contributed by atoms with Gasteiger partial charge in [0.25, 0.3) is 0 Å². The van der Waals surface area contributed by atoms with Crippen LogP contribution in [0, 0.1) is 13.8 Å². The average Bonchev–Trinajstić information content (AvgIpc) is 2.42. The van der Waals surface area contributed by atoms with Gasteiger partial charge in [0.1, 0.15) is 0 Å². The monoisotopic (exact) mass is 265 g/mol. The summed E-state index contributed by atoms with van der Waals surface area (Å²) in [5.74, 6) is 0.610. The minimum absolute atomic E-state index is 0.452. The van der Waals surface area contributed by atoms with Crippen molar-refractivity contribution < 1.29 is 4.74 Å². The first-order valence-electron chi connectivity index (χ1n) is 7.36. The van der Waals surface area contributed by atoms with Crippen molar-refractivity contribution in [2.24, 2.45) is 5.73 Å². The van der Waals surface area contributed by atoms with Gasteiger partial charge >= 0.3 is 0 Å². The third-order valence-electron chi connectivity index (χ3n) is 3.49. The molecule has 2 N–H and O–H groups in total. The lowest BCUT2D eigenvalue weighted by molar-refractivity contribution is 0.286. The second-order valence-electron chi connectivity index (χ2n) is 5.01. The number of rotatable bonds is 9. The number of nitrogens with two attached hydrogens (primary N) is 1. The third-order valence-corrected chi connectivity index (χ3v) is 3.49. The maximum absolute atomic E-state index is 5.76. The van der Waals surface area contributed by atoms with Crippen LogP contribution in [0.15, 0.2) is 0 Å². The maximum Gasteiger partial charge on any atom is 0.238 e. The molecule has 19 heavy (non-hydrogen) atoms. The van der Waals surface area contributed by atoms with E-state index in [1.54, 1.807) is 0 Å². The van der Waals surface area contributed by atoms with Gasteiger partial charge in [-0.2, -0.15) is 5.10 Å². The molecular formula is C15H27N3O. The van der Waals surface area contributed by atoms with Crippen LogP contribution in [0.25, 0.3) is 0 Å². The van der Waals surface area contributed by atoms with Gasteiger partial charge in [-0.3, -0.25) is 0 Å². The first kappa shape index (κ1) is 15.9. The number of ether oxygens (including phenoxy) is 1. The Morgan fingerprint density at radius 3 is 2.37 bits per heavy atom. The van der Waals surface area contributed by atoms with Crippen molar-refractivity contribution in [3.63, 3.8) is 0 Å². The fourth-order valence-electron chi connectivity index (χ4n) is 2.04. The van der Waals surface area contributed by atoms with Gasteiger partial charge in [-0.05, 0) is 25.8 Å². The van der Waals surface area contributed by atoms with E-state index in [2.05, 4.69) is 17.1 Å². The molecule has 0 atom stereocenters. The van der Waals surface area contributed by atoms with Crippen molar-refractivity contribution in [2.45, 2.75) is 65.8 Å². The zero-order chi connectivity index (χ0) is 14.1. The predicted molar refractivity (Wildman–Crippen MR) is 78.3 cm³/mol. The van der Waals surface area contributed by atoms with Crippen LogP contribution in [0.2, 0.25) is 0 Å². The molecule has 0 spiro atoms. The molecule has 0 saturated carbocycles. The Hall–Kier alpha value is -1.16. The van der Waals surface area contributed by atoms with Crippen LogP contribution in [-0.2, 0) is 6.54 Å². The standard InChI is InChI=1S/C15H27N3O/c1-4-5-6-7-8-9-10-19-15-14(11-16)12(2)13(3)17-18-15/h4-11,16H2,1-3H3.